The first-order valence-corrected chi connectivity index (χ1v) is 21.1. The van der Waals surface area contributed by atoms with Crippen molar-refractivity contribution in [3.8, 4) is 5.75 Å². The predicted octanol–water partition coefficient (Wildman–Crippen LogP) is 6.08. The molecule has 2 amide bonds. The molecule has 0 radical (unpaired) electrons. The molecule has 2 aliphatic carbocycles. The Morgan fingerprint density at radius 3 is 2.81 bits per heavy atom. The van der Waals surface area contributed by atoms with E-state index in [2.05, 4.69) is 26.1 Å². The highest BCUT2D eigenvalue weighted by Gasteiger charge is 2.44. The van der Waals surface area contributed by atoms with Crippen LogP contribution < -0.4 is 14.4 Å². The number of aliphatic hydroxyl groups excluding tert-OH is 2. The number of allylic oxidation sites excluding steroid dienone is 1. The average Bonchev–Trinajstić information content (AvgIpc) is 3.51. The summed E-state index contributed by atoms with van der Waals surface area (Å²) in [7, 11) is -3.69. The smallest absolute Gasteiger partial charge is 0.286 e. The van der Waals surface area contributed by atoms with E-state index in [4.69, 9.17) is 21.1 Å². The maximum atomic E-state index is 15.0. The molecule has 54 heavy (non-hydrogen) atoms. The van der Waals surface area contributed by atoms with E-state index >= 15 is 0 Å². The zero-order valence-electron chi connectivity index (χ0n) is 30.8. The van der Waals surface area contributed by atoms with E-state index in [1.54, 1.807) is 37.4 Å². The minimum Gasteiger partial charge on any atom is -0.490 e. The number of nitrogens with one attached hydrogen (secondary N) is 1. The van der Waals surface area contributed by atoms with Crippen molar-refractivity contribution in [2.24, 2.45) is 22.1 Å². The molecule has 8 rings (SSSR count). The van der Waals surface area contributed by atoms with Crippen molar-refractivity contribution < 1.29 is 34.9 Å². The van der Waals surface area contributed by atoms with Gasteiger partial charge in [0, 0.05) is 42.4 Å². The number of hydrogen-bond donors (Lipinski definition) is 3. The topological polar surface area (TPSA) is 143 Å². The van der Waals surface area contributed by atoms with Gasteiger partial charge in [0.25, 0.3) is 11.8 Å². The summed E-state index contributed by atoms with van der Waals surface area (Å²) in [4.78, 5) is 30.3. The third-order valence-corrected chi connectivity index (χ3v) is 15.2. The lowest BCUT2D eigenvalue weighted by molar-refractivity contribution is -0.0273. The maximum Gasteiger partial charge on any atom is 0.286 e. The Balaban J connectivity index is 0.00000465. The summed E-state index contributed by atoms with van der Waals surface area (Å²) in [6, 6.07) is 13.1. The van der Waals surface area contributed by atoms with E-state index < -0.39 is 33.1 Å². The summed E-state index contributed by atoms with van der Waals surface area (Å²) in [5.41, 5.74) is 4.19. The number of hydrogen-bond acceptors (Lipinski definition) is 8. The van der Waals surface area contributed by atoms with E-state index in [0.717, 1.165) is 48.5 Å². The summed E-state index contributed by atoms with van der Waals surface area (Å²) in [5.74, 6) is -0.585. The van der Waals surface area contributed by atoms with Crippen LogP contribution in [0.1, 0.15) is 84.9 Å². The molecule has 3 aliphatic heterocycles. The minimum atomic E-state index is -3.69. The standard InChI is InChI=1S/C41H49ClN4O7S.H2/c1-25-5-3-7-37(48)34-11-8-29(34)18-46-23-41(14-4-6-27-15-31(42)10-12-35(27)41)24-53-38-13-9-28(17-36(38)46)39(49)43-54(51,26(25)2)44-40(50)30-16-32-22-52-33(21-47)20-45(32)19-30;/h3,7,9-10,12-13,15-17,19,25-26,29,33-34,37,47-48H,4-6,8,11,14,18,20-24H2,1-2H3,(H,43,44,49,50,51);1H/b7-3+;/t25-,26+,29-,33+,34+,37-,41-,54?;/m0./s1. The van der Waals surface area contributed by atoms with Crippen LogP contribution in [0.25, 0.3) is 0 Å². The van der Waals surface area contributed by atoms with E-state index in [9.17, 15) is 24.0 Å². The lowest BCUT2D eigenvalue weighted by Gasteiger charge is -2.45. The molecular weight excluding hydrogens is 728 g/mol. The lowest BCUT2D eigenvalue weighted by Crippen LogP contribution is -2.49. The van der Waals surface area contributed by atoms with Crippen molar-refractivity contribution >= 4 is 39.0 Å². The van der Waals surface area contributed by atoms with Crippen LogP contribution in [0.4, 0.5) is 5.69 Å². The van der Waals surface area contributed by atoms with Crippen molar-refractivity contribution in [3.63, 3.8) is 0 Å². The number of fused-ring (bicyclic) bond motifs is 5. The number of aryl methyl sites for hydroxylation is 1. The lowest BCUT2D eigenvalue weighted by atomic mass is 9.68. The number of aliphatic hydroxyl groups is 2. The number of benzene rings is 2. The Morgan fingerprint density at radius 2 is 2.02 bits per heavy atom. The van der Waals surface area contributed by atoms with Gasteiger partial charge < -0.3 is 29.2 Å². The first-order valence-electron chi connectivity index (χ1n) is 19.1. The normalized spacial score (nSPS) is 32.8. The Bertz CT molecular complexity index is 2120. The number of amides is 2. The SMILES string of the molecule is C[C@@H]1[C@@H](C)C/C=C/[C@H](O)[C@@H]2CC[C@H]2CN2C[C@@]3(CCCc4cc(Cl)ccc43)COc3ccc(cc32)C(=O)N=S1(=O)NC(=O)c1cc2n(c1)C[C@H](CO)OC2.[HH]. The number of ether oxygens (including phenoxy) is 2. The third-order valence-electron chi connectivity index (χ3n) is 12.6. The van der Waals surface area contributed by atoms with Gasteiger partial charge in [-0.15, -0.1) is 4.36 Å². The van der Waals surface area contributed by atoms with E-state index in [-0.39, 0.29) is 55.0 Å². The Labute approximate surface area is 323 Å². The highest BCUT2D eigenvalue weighted by Crippen LogP contribution is 2.47. The van der Waals surface area contributed by atoms with Gasteiger partial charge >= 0.3 is 0 Å². The molecule has 1 aromatic heterocycles. The first kappa shape index (κ1) is 37.3. The van der Waals surface area contributed by atoms with Gasteiger partial charge in [-0.05, 0) is 111 Å². The molecule has 3 aromatic rings. The Hall–Kier alpha value is -3.68. The van der Waals surface area contributed by atoms with Crippen LogP contribution in [0.15, 0.2) is 65.2 Å². The predicted molar refractivity (Wildman–Crippen MR) is 209 cm³/mol. The summed E-state index contributed by atoms with van der Waals surface area (Å²) in [5, 5.41) is 21.0. The van der Waals surface area contributed by atoms with Gasteiger partial charge in [-0.25, -0.2) is 4.21 Å². The van der Waals surface area contributed by atoms with Crippen LogP contribution >= 0.6 is 11.6 Å². The fourth-order valence-corrected chi connectivity index (χ4v) is 11.1. The summed E-state index contributed by atoms with van der Waals surface area (Å²) >= 11 is 6.45. The molecular formula is C41H51ClN4O7S. The fourth-order valence-electron chi connectivity index (χ4n) is 9.00. The zero-order chi connectivity index (χ0) is 37.8. The van der Waals surface area contributed by atoms with Gasteiger partial charge in [-0.2, -0.15) is 0 Å². The minimum absolute atomic E-state index is 0. The van der Waals surface area contributed by atoms with Crippen molar-refractivity contribution in [2.45, 2.75) is 88.4 Å². The summed E-state index contributed by atoms with van der Waals surface area (Å²) < 4.78 is 36.1. The van der Waals surface area contributed by atoms with Crippen molar-refractivity contribution in [2.75, 3.05) is 31.2 Å². The molecule has 8 atom stereocenters. The van der Waals surface area contributed by atoms with Gasteiger partial charge in [0.15, 0.2) is 0 Å². The second-order valence-corrected chi connectivity index (χ2v) is 18.7. The molecule has 1 unspecified atom stereocenters. The van der Waals surface area contributed by atoms with Gasteiger partial charge in [0.1, 0.15) is 15.7 Å². The number of nitrogens with zero attached hydrogens (tertiary/aromatic N) is 3. The molecule has 13 heteroatoms. The molecule has 1 saturated carbocycles. The molecule has 1 fully saturated rings. The molecule has 0 saturated heterocycles. The molecule has 11 nitrogen and oxygen atoms in total. The molecule has 5 aliphatic rings. The largest absolute Gasteiger partial charge is 0.490 e. The van der Waals surface area contributed by atoms with Crippen LogP contribution in [-0.4, -0.2) is 74.6 Å². The highest BCUT2D eigenvalue weighted by atomic mass is 35.5. The van der Waals surface area contributed by atoms with Crippen molar-refractivity contribution in [1.29, 1.82) is 0 Å². The number of carbonyl (C=O) groups is 2. The van der Waals surface area contributed by atoms with Crippen LogP contribution in [0.2, 0.25) is 5.02 Å². The van der Waals surface area contributed by atoms with E-state index in [0.29, 0.717) is 38.4 Å². The van der Waals surface area contributed by atoms with Gasteiger partial charge in [0.05, 0.1) is 55.1 Å². The number of rotatable bonds is 3. The van der Waals surface area contributed by atoms with Gasteiger partial charge in [0.2, 0.25) is 0 Å². The van der Waals surface area contributed by atoms with Crippen LogP contribution in [0, 0.1) is 17.8 Å². The maximum absolute atomic E-state index is 15.0. The highest BCUT2D eigenvalue weighted by molar-refractivity contribution is 7.93. The number of carbonyl (C=O) groups excluding carboxylic acids is 2. The third kappa shape index (κ3) is 7.00. The van der Waals surface area contributed by atoms with E-state index in [1.165, 1.54) is 11.1 Å². The molecule has 1 spiro atoms. The first-order chi connectivity index (χ1) is 25.9. The van der Waals surface area contributed by atoms with Crippen LogP contribution in [0.3, 0.4) is 0 Å². The second-order valence-electron chi connectivity index (χ2n) is 16.0. The molecule has 4 heterocycles. The summed E-state index contributed by atoms with van der Waals surface area (Å²) in [6.07, 6.45) is 9.67. The number of halogens is 1. The van der Waals surface area contributed by atoms with Crippen molar-refractivity contribution in [1.82, 2.24) is 9.29 Å². The molecule has 2 bridgehead atoms. The molecule has 3 N–H and O–H groups in total. The fraction of sp³-hybridized carbons (Fsp3) is 0.512. The van der Waals surface area contributed by atoms with Gasteiger partial charge in [-0.3, -0.25) is 14.3 Å². The van der Waals surface area contributed by atoms with E-state index in [1.807, 2.05) is 29.7 Å². The Morgan fingerprint density at radius 1 is 1.17 bits per heavy atom. The second kappa shape index (κ2) is 14.8. The van der Waals surface area contributed by atoms with Crippen molar-refractivity contribution in [3.05, 3.63) is 93.8 Å². The Kier molecular flexibility index (Phi) is 10.2. The van der Waals surface area contributed by atoms with Crippen LogP contribution in [0.5, 0.6) is 5.75 Å². The van der Waals surface area contributed by atoms with Crippen LogP contribution in [-0.2, 0) is 39.6 Å². The zero-order valence-corrected chi connectivity index (χ0v) is 32.4. The number of anilines is 1. The number of aromatic nitrogens is 1. The quantitative estimate of drug-likeness (QED) is 0.272. The average molecular weight is 779 g/mol. The van der Waals surface area contributed by atoms with Gasteiger partial charge in [-0.1, -0.05) is 36.7 Å². The summed E-state index contributed by atoms with van der Waals surface area (Å²) in [6.45, 7) is 5.92. The monoisotopic (exact) mass is 778 g/mol. The molecule has 2 aromatic carbocycles. The molecule has 290 valence electrons.